The fourth-order valence-electron chi connectivity index (χ4n) is 1.70. The van der Waals surface area contributed by atoms with E-state index in [0.717, 1.165) is 5.56 Å². The van der Waals surface area contributed by atoms with Crippen molar-refractivity contribution < 1.29 is 14.3 Å². The van der Waals surface area contributed by atoms with Crippen LogP contribution in [-0.4, -0.2) is 36.5 Å². The first-order valence-corrected chi connectivity index (χ1v) is 6.21. The molecule has 0 radical (unpaired) electrons. The van der Waals surface area contributed by atoms with E-state index in [1.165, 1.54) is 4.90 Å². The molecule has 102 valence electrons. The van der Waals surface area contributed by atoms with Gasteiger partial charge in [-0.2, -0.15) is 0 Å². The van der Waals surface area contributed by atoms with Gasteiger partial charge in [0, 0.05) is 12.1 Å². The van der Waals surface area contributed by atoms with Gasteiger partial charge in [-0.05, 0) is 26.0 Å². The van der Waals surface area contributed by atoms with Crippen molar-refractivity contribution in [3.8, 4) is 0 Å². The number of amides is 1. The number of carbonyl (C=O) groups excluding carboxylic acids is 2. The van der Waals surface area contributed by atoms with Crippen LogP contribution in [0.15, 0.2) is 36.9 Å². The van der Waals surface area contributed by atoms with Crippen molar-refractivity contribution >= 4 is 11.9 Å². The number of aryl methyl sites for hydroxylation is 1. The highest BCUT2D eigenvalue weighted by molar-refractivity contribution is 5.96. The molecule has 0 bridgehead atoms. The van der Waals surface area contributed by atoms with Crippen LogP contribution in [0.3, 0.4) is 0 Å². The van der Waals surface area contributed by atoms with Gasteiger partial charge in [-0.25, -0.2) is 0 Å². The molecule has 4 nitrogen and oxygen atoms in total. The molecule has 1 rings (SSSR count). The van der Waals surface area contributed by atoms with Gasteiger partial charge in [0.05, 0.1) is 6.61 Å². The molecule has 0 heterocycles. The molecule has 0 saturated carbocycles. The maximum atomic E-state index is 12.3. The highest BCUT2D eigenvalue weighted by atomic mass is 16.5. The normalized spacial score (nSPS) is 9.79. The van der Waals surface area contributed by atoms with Crippen LogP contribution in [0.1, 0.15) is 22.8 Å². The quantitative estimate of drug-likeness (QED) is 0.582. The summed E-state index contributed by atoms with van der Waals surface area (Å²) >= 11 is 0. The highest BCUT2D eigenvalue weighted by Crippen LogP contribution is 2.08. The molecule has 0 saturated heterocycles. The van der Waals surface area contributed by atoms with Crippen molar-refractivity contribution in [1.29, 1.82) is 0 Å². The molecule has 0 atom stereocenters. The minimum Gasteiger partial charge on any atom is -0.465 e. The molecule has 0 aliphatic rings. The maximum absolute atomic E-state index is 12.3. The highest BCUT2D eigenvalue weighted by Gasteiger charge is 2.18. The number of hydrogen-bond donors (Lipinski definition) is 0. The van der Waals surface area contributed by atoms with Crippen molar-refractivity contribution in [1.82, 2.24) is 4.90 Å². The molecule has 1 aromatic carbocycles. The SMILES string of the molecule is C=CCN(CC(=O)OCC)C(=O)c1cccc(C)c1. The van der Waals surface area contributed by atoms with Crippen molar-refractivity contribution in [2.75, 3.05) is 19.7 Å². The summed E-state index contributed by atoms with van der Waals surface area (Å²) in [6.45, 7) is 7.81. The van der Waals surface area contributed by atoms with E-state index >= 15 is 0 Å². The Morgan fingerprint density at radius 3 is 2.74 bits per heavy atom. The monoisotopic (exact) mass is 261 g/mol. The molecular weight excluding hydrogens is 242 g/mol. The minimum absolute atomic E-state index is 0.0629. The fourth-order valence-corrected chi connectivity index (χ4v) is 1.70. The van der Waals surface area contributed by atoms with Crippen LogP contribution >= 0.6 is 0 Å². The molecule has 1 amide bonds. The third kappa shape index (κ3) is 4.58. The second kappa shape index (κ2) is 7.36. The lowest BCUT2D eigenvalue weighted by Gasteiger charge is -2.20. The Hall–Kier alpha value is -2.10. The summed E-state index contributed by atoms with van der Waals surface area (Å²) in [5, 5.41) is 0. The zero-order valence-electron chi connectivity index (χ0n) is 11.4. The number of hydrogen-bond acceptors (Lipinski definition) is 3. The van der Waals surface area contributed by atoms with E-state index in [1.54, 1.807) is 25.1 Å². The first-order valence-electron chi connectivity index (χ1n) is 6.21. The Labute approximate surface area is 113 Å². The van der Waals surface area contributed by atoms with Gasteiger partial charge >= 0.3 is 5.97 Å². The zero-order chi connectivity index (χ0) is 14.3. The largest absolute Gasteiger partial charge is 0.465 e. The molecule has 1 aromatic rings. The van der Waals surface area contributed by atoms with E-state index in [-0.39, 0.29) is 12.5 Å². The predicted octanol–water partition coefficient (Wildman–Crippen LogP) is 2.19. The molecule has 0 unspecified atom stereocenters. The van der Waals surface area contributed by atoms with Gasteiger partial charge in [0.25, 0.3) is 5.91 Å². The number of carbonyl (C=O) groups is 2. The van der Waals surface area contributed by atoms with E-state index in [9.17, 15) is 9.59 Å². The van der Waals surface area contributed by atoms with Gasteiger partial charge in [-0.1, -0.05) is 23.8 Å². The summed E-state index contributed by atoms with van der Waals surface area (Å²) in [6, 6.07) is 7.26. The van der Waals surface area contributed by atoms with Gasteiger partial charge in [0.1, 0.15) is 6.54 Å². The number of esters is 1. The van der Waals surface area contributed by atoms with Crippen LogP contribution in [0.4, 0.5) is 0 Å². The third-order valence-electron chi connectivity index (χ3n) is 2.53. The molecule has 0 spiro atoms. The third-order valence-corrected chi connectivity index (χ3v) is 2.53. The lowest BCUT2D eigenvalue weighted by molar-refractivity contribution is -0.143. The summed E-state index contributed by atoms with van der Waals surface area (Å²) in [5.41, 5.74) is 1.56. The number of benzene rings is 1. The Kier molecular flexibility index (Phi) is 5.79. The summed E-state index contributed by atoms with van der Waals surface area (Å²) in [4.78, 5) is 25.2. The summed E-state index contributed by atoms with van der Waals surface area (Å²) in [6.07, 6.45) is 1.59. The molecular formula is C15H19NO3. The van der Waals surface area contributed by atoms with Crippen LogP contribution in [0.25, 0.3) is 0 Å². The fraction of sp³-hybridized carbons (Fsp3) is 0.333. The predicted molar refractivity (Wildman–Crippen MR) is 73.9 cm³/mol. The Balaban J connectivity index is 2.83. The van der Waals surface area contributed by atoms with E-state index < -0.39 is 5.97 Å². The first-order chi connectivity index (χ1) is 9.08. The maximum Gasteiger partial charge on any atom is 0.325 e. The van der Waals surface area contributed by atoms with Crippen LogP contribution in [0.5, 0.6) is 0 Å². The zero-order valence-corrected chi connectivity index (χ0v) is 11.4. The van der Waals surface area contributed by atoms with Gasteiger partial charge in [0.15, 0.2) is 0 Å². The smallest absolute Gasteiger partial charge is 0.325 e. The lowest BCUT2D eigenvalue weighted by Crippen LogP contribution is -2.36. The van der Waals surface area contributed by atoms with Crippen LogP contribution in [0.2, 0.25) is 0 Å². The lowest BCUT2D eigenvalue weighted by atomic mass is 10.1. The van der Waals surface area contributed by atoms with Crippen molar-refractivity contribution in [3.05, 3.63) is 48.0 Å². The van der Waals surface area contributed by atoms with E-state index in [4.69, 9.17) is 4.74 Å². The Morgan fingerprint density at radius 1 is 1.42 bits per heavy atom. The van der Waals surface area contributed by atoms with Gasteiger partial charge in [-0.15, -0.1) is 6.58 Å². The second-order valence-electron chi connectivity index (χ2n) is 4.15. The summed E-state index contributed by atoms with van der Waals surface area (Å²) < 4.78 is 4.86. The molecule has 0 aromatic heterocycles. The van der Waals surface area contributed by atoms with Crippen LogP contribution in [-0.2, 0) is 9.53 Å². The molecule has 19 heavy (non-hydrogen) atoms. The van der Waals surface area contributed by atoms with Crippen LogP contribution < -0.4 is 0 Å². The van der Waals surface area contributed by atoms with Crippen molar-refractivity contribution in [2.45, 2.75) is 13.8 Å². The molecule has 0 aliphatic carbocycles. The number of nitrogens with zero attached hydrogens (tertiary/aromatic N) is 1. The van der Waals surface area contributed by atoms with E-state index in [1.807, 2.05) is 19.1 Å². The van der Waals surface area contributed by atoms with Gasteiger partial charge < -0.3 is 9.64 Å². The van der Waals surface area contributed by atoms with Crippen molar-refractivity contribution in [2.24, 2.45) is 0 Å². The Morgan fingerprint density at radius 2 is 2.16 bits per heavy atom. The second-order valence-corrected chi connectivity index (χ2v) is 4.15. The average molecular weight is 261 g/mol. The van der Waals surface area contributed by atoms with Gasteiger partial charge in [-0.3, -0.25) is 9.59 Å². The first kappa shape index (κ1) is 15.0. The molecule has 0 N–H and O–H groups in total. The van der Waals surface area contributed by atoms with E-state index in [2.05, 4.69) is 6.58 Å². The van der Waals surface area contributed by atoms with E-state index in [0.29, 0.717) is 18.7 Å². The van der Waals surface area contributed by atoms with Crippen molar-refractivity contribution in [3.63, 3.8) is 0 Å². The molecule has 0 aliphatic heterocycles. The van der Waals surface area contributed by atoms with Crippen LogP contribution in [0, 0.1) is 6.92 Å². The number of ether oxygens (including phenoxy) is 1. The molecule has 4 heteroatoms. The topological polar surface area (TPSA) is 46.6 Å². The minimum atomic E-state index is -0.412. The average Bonchev–Trinajstić information content (AvgIpc) is 2.37. The Bertz CT molecular complexity index is 468. The summed E-state index contributed by atoms with van der Waals surface area (Å²) in [7, 11) is 0. The van der Waals surface area contributed by atoms with Gasteiger partial charge in [0.2, 0.25) is 0 Å². The summed E-state index contributed by atoms with van der Waals surface area (Å²) in [5.74, 6) is -0.609. The number of rotatable bonds is 6. The standard InChI is InChI=1S/C15H19NO3/c1-4-9-16(11-14(17)19-5-2)15(18)13-8-6-7-12(3)10-13/h4,6-8,10H,1,5,9,11H2,2-3H3. The molecule has 0 fully saturated rings.